The number of aromatic nitrogens is 1. The molecule has 0 radical (unpaired) electrons. The number of benzene rings is 2. The number of pyridine rings is 1. The fourth-order valence-corrected chi connectivity index (χ4v) is 5.27. The molecule has 3 aromatic rings. The van der Waals surface area contributed by atoms with Crippen molar-refractivity contribution < 1.29 is 23.7 Å². The largest absolute Gasteiger partial charge is 0.496 e. The molecular weight excluding hydrogens is 441 g/mol. The van der Waals surface area contributed by atoms with Gasteiger partial charge in [0.05, 0.1) is 28.9 Å². The van der Waals surface area contributed by atoms with Crippen molar-refractivity contribution >= 4 is 41.6 Å². The van der Waals surface area contributed by atoms with Gasteiger partial charge < -0.3 is 25.2 Å². The highest BCUT2D eigenvalue weighted by molar-refractivity contribution is 7.59. The lowest BCUT2D eigenvalue weighted by Crippen LogP contribution is -2.12. The highest BCUT2D eigenvalue weighted by Crippen LogP contribution is 2.49. The monoisotopic (exact) mass is 461 g/mol. The van der Waals surface area contributed by atoms with Crippen LogP contribution in [0, 0.1) is 5.92 Å². The van der Waals surface area contributed by atoms with Gasteiger partial charge in [0.15, 0.2) is 0 Å². The lowest BCUT2D eigenvalue weighted by Gasteiger charge is -2.16. The van der Waals surface area contributed by atoms with E-state index in [1.54, 1.807) is 42.6 Å². The van der Waals surface area contributed by atoms with E-state index < -0.39 is 13.4 Å². The zero-order chi connectivity index (χ0) is 22.2. The highest BCUT2D eigenvalue weighted by atomic mass is 35.5. The number of anilines is 1. The summed E-state index contributed by atoms with van der Waals surface area (Å²) < 4.78 is 23.5. The molecule has 0 spiro atoms. The standard InChI is InChI=1S/C21H21ClN3O5P/c1-29-20-10-18-14(9-15(20)21(23)26)19(6-7-24-18)30-13-4-5-17(16(22)8-13)25-31(27,28)11-12-2-3-12/h4-10,12H,2-3,11H2,1H3,(H2,23,26)(H2,25,27,28). The molecule has 1 atom stereocenters. The van der Waals surface area contributed by atoms with Crippen LogP contribution in [0.5, 0.6) is 17.2 Å². The minimum Gasteiger partial charge on any atom is -0.496 e. The van der Waals surface area contributed by atoms with Crippen LogP contribution < -0.4 is 20.3 Å². The van der Waals surface area contributed by atoms with E-state index in [-0.39, 0.29) is 16.7 Å². The fourth-order valence-electron chi connectivity index (χ4n) is 3.26. The van der Waals surface area contributed by atoms with Gasteiger partial charge in [-0.2, -0.15) is 0 Å². The predicted octanol–water partition coefficient (Wildman–Crippen LogP) is 4.80. The van der Waals surface area contributed by atoms with E-state index in [1.807, 2.05) is 0 Å². The van der Waals surface area contributed by atoms with Crippen LogP contribution in [0.25, 0.3) is 10.9 Å². The molecule has 1 heterocycles. The molecule has 31 heavy (non-hydrogen) atoms. The number of hydrogen-bond acceptors (Lipinski definition) is 5. The Morgan fingerprint density at radius 2 is 2.06 bits per heavy atom. The number of carbonyl (C=O) groups is 1. The van der Waals surface area contributed by atoms with Crippen molar-refractivity contribution in [1.29, 1.82) is 0 Å². The van der Waals surface area contributed by atoms with Gasteiger partial charge in [0.25, 0.3) is 13.4 Å². The third kappa shape index (κ3) is 4.93. The maximum Gasteiger partial charge on any atom is 0.291 e. The molecule has 4 N–H and O–H groups in total. The first-order valence-electron chi connectivity index (χ1n) is 9.60. The number of carbonyl (C=O) groups excluding carboxylic acids is 1. The van der Waals surface area contributed by atoms with Crippen molar-refractivity contribution in [2.45, 2.75) is 12.8 Å². The first-order valence-corrected chi connectivity index (χ1v) is 11.8. The summed E-state index contributed by atoms with van der Waals surface area (Å²) in [5.41, 5.74) is 6.59. The Morgan fingerprint density at radius 3 is 2.71 bits per heavy atom. The van der Waals surface area contributed by atoms with Gasteiger partial charge in [-0.25, -0.2) is 0 Å². The number of nitrogens with one attached hydrogen (secondary N) is 1. The molecule has 8 nitrogen and oxygen atoms in total. The van der Waals surface area contributed by atoms with Crippen LogP contribution in [0.1, 0.15) is 23.2 Å². The molecule has 1 amide bonds. The van der Waals surface area contributed by atoms with Gasteiger partial charge in [0, 0.05) is 29.9 Å². The summed E-state index contributed by atoms with van der Waals surface area (Å²) in [6.07, 6.45) is 3.76. The SMILES string of the molecule is COc1cc2nccc(Oc3ccc(NP(=O)(O)CC4CC4)c(Cl)c3)c2cc1C(N)=O. The van der Waals surface area contributed by atoms with Gasteiger partial charge in [-0.15, -0.1) is 0 Å². The molecule has 1 fully saturated rings. The van der Waals surface area contributed by atoms with Crippen LogP contribution in [0.3, 0.4) is 0 Å². The smallest absolute Gasteiger partial charge is 0.291 e. The molecule has 162 valence electrons. The van der Waals surface area contributed by atoms with Gasteiger partial charge in [0.1, 0.15) is 17.2 Å². The highest BCUT2D eigenvalue weighted by Gasteiger charge is 2.31. The number of fused-ring (bicyclic) bond motifs is 1. The summed E-state index contributed by atoms with van der Waals surface area (Å²) in [7, 11) is -2.07. The minimum absolute atomic E-state index is 0.208. The molecule has 1 aliphatic rings. The molecule has 1 aromatic heterocycles. The van der Waals surface area contributed by atoms with Crippen molar-refractivity contribution in [3.05, 3.63) is 53.2 Å². The molecule has 1 unspecified atom stereocenters. The molecule has 1 aliphatic carbocycles. The minimum atomic E-state index is -3.51. The van der Waals surface area contributed by atoms with Crippen LogP contribution in [-0.2, 0) is 4.57 Å². The van der Waals surface area contributed by atoms with Crippen molar-refractivity contribution in [3.63, 3.8) is 0 Å². The van der Waals surface area contributed by atoms with Crippen LogP contribution in [0.2, 0.25) is 5.02 Å². The number of ether oxygens (including phenoxy) is 2. The Hall–Kier alpha value is -2.80. The average Bonchev–Trinajstić information content (AvgIpc) is 3.52. The number of amides is 1. The van der Waals surface area contributed by atoms with Crippen LogP contribution in [-0.4, -0.2) is 29.1 Å². The van der Waals surface area contributed by atoms with Gasteiger partial charge in [-0.3, -0.25) is 14.3 Å². The number of nitrogens with zero attached hydrogens (tertiary/aromatic N) is 1. The van der Waals surface area contributed by atoms with Gasteiger partial charge in [-0.05, 0) is 43.0 Å². The number of rotatable bonds is 8. The van der Waals surface area contributed by atoms with Crippen LogP contribution >= 0.6 is 19.1 Å². The van der Waals surface area contributed by atoms with Crippen LogP contribution in [0.4, 0.5) is 5.69 Å². The zero-order valence-electron chi connectivity index (χ0n) is 16.7. The molecule has 0 saturated heterocycles. The summed E-state index contributed by atoms with van der Waals surface area (Å²) in [6.45, 7) is 0. The van der Waals surface area contributed by atoms with Gasteiger partial charge >= 0.3 is 0 Å². The molecule has 10 heteroatoms. The summed E-state index contributed by atoms with van der Waals surface area (Å²) in [6, 6.07) is 9.60. The number of nitrogens with two attached hydrogens (primary N) is 1. The van der Waals surface area contributed by atoms with Crippen molar-refractivity contribution in [1.82, 2.24) is 4.98 Å². The Balaban J connectivity index is 1.61. The van der Waals surface area contributed by atoms with Crippen molar-refractivity contribution in [2.24, 2.45) is 11.7 Å². The topological polar surface area (TPSA) is 124 Å². The third-order valence-corrected chi connectivity index (χ3v) is 6.87. The summed E-state index contributed by atoms with van der Waals surface area (Å²) >= 11 is 6.31. The lowest BCUT2D eigenvalue weighted by molar-refractivity contribution is 0.0997. The average molecular weight is 462 g/mol. The third-order valence-electron chi connectivity index (χ3n) is 4.95. The number of methoxy groups -OCH3 is 1. The lowest BCUT2D eigenvalue weighted by atomic mass is 10.1. The summed E-state index contributed by atoms with van der Waals surface area (Å²) in [4.78, 5) is 26.2. The molecule has 0 aliphatic heterocycles. The quantitative estimate of drug-likeness (QED) is 0.412. The van der Waals surface area contributed by atoms with E-state index in [0.29, 0.717) is 39.8 Å². The number of hydrogen-bond donors (Lipinski definition) is 3. The first-order chi connectivity index (χ1) is 14.8. The Bertz CT molecular complexity index is 1220. The van der Waals surface area contributed by atoms with Crippen molar-refractivity contribution in [2.75, 3.05) is 18.4 Å². The summed E-state index contributed by atoms with van der Waals surface area (Å²) in [5, 5.41) is 3.48. The van der Waals surface area contributed by atoms with Gasteiger partial charge in [-0.1, -0.05) is 11.6 Å². The second-order valence-corrected chi connectivity index (χ2v) is 9.83. The van der Waals surface area contributed by atoms with E-state index in [9.17, 15) is 14.3 Å². The fraction of sp³-hybridized carbons (Fsp3) is 0.238. The second kappa shape index (κ2) is 8.38. The number of halogens is 1. The molecule has 4 rings (SSSR count). The maximum absolute atomic E-state index is 12.3. The van der Waals surface area contributed by atoms with E-state index in [2.05, 4.69) is 10.1 Å². The predicted molar refractivity (Wildman–Crippen MR) is 119 cm³/mol. The summed E-state index contributed by atoms with van der Waals surface area (Å²) in [5.74, 6) is 0.839. The Labute approximate surface area is 183 Å². The zero-order valence-corrected chi connectivity index (χ0v) is 18.3. The van der Waals surface area contributed by atoms with Crippen LogP contribution in [0.15, 0.2) is 42.6 Å². The normalized spacial score (nSPS) is 15.3. The molecule has 2 aromatic carbocycles. The Kier molecular flexibility index (Phi) is 5.79. The Morgan fingerprint density at radius 1 is 1.29 bits per heavy atom. The molecule has 0 bridgehead atoms. The first kappa shape index (κ1) is 21.4. The van der Waals surface area contributed by atoms with E-state index >= 15 is 0 Å². The molecule has 1 saturated carbocycles. The molecular formula is C21H21ClN3O5P. The van der Waals surface area contributed by atoms with E-state index in [4.69, 9.17) is 26.8 Å². The second-order valence-electron chi connectivity index (χ2n) is 7.43. The number of primary amides is 1. The van der Waals surface area contributed by atoms with Gasteiger partial charge in [0.2, 0.25) is 0 Å². The van der Waals surface area contributed by atoms with Crippen molar-refractivity contribution in [3.8, 4) is 17.2 Å². The maximum atomic E-state index is 12.3. The van der Waals surface area contributed by atoms with E-state index in [1.165, 1.54) is 7.11 Å². The van der Waals surface area contributed by atoms with E-state index in [0.717, 1.165) is 12.8 Å².